The minimum absolute atomic E-state index is 0.126. The summed E-state index contributed by atoms with van der Waals surface area (Å²) in [4.78, 5) is 34.2. The molecular weight excluding hydrogens is 454 g/mol. The third-order valence-electron chi connectivity index (χ3n) is 5.59. The van der Waals surface area contributed by atoms with Crippen LogP contribution in [0.5, 0.6) is 0 Å². The fraction of sp³-hybridized carbons (Fsp3) is 0.208. The molecular formula is C24H22ClN7O2. The molecule has 0 saturated carbocycles. The van der Waals surface area contributed by atoms with Crippen LogP contribution in [0.25, 0.3) is 22.4 Å². The van der Waals surface area contributed by atoms with Gasteiger partial charge >= 0.3 is 6.09 Å². The highest BCUT2D eigenvalue weighted by Gasteiger charge is 2.25. The van der Waals surface area contributed by atoms with E-state index in [2.05, 4.69) is 15.0 Å². The molecule has 10 heteroatoms. The minimum atomic E-state index is -0.333. The molecule has 34 heavy (non-hydrogen) atoms. The normalized spacial score (nSPS) is 13.8. The van der Waals surface area contributed by atoms with Crippen molar-refractivity contribution in [2.45, 2.75) is 6.61 Å². The maximum atomic E-state index is 12.5. The third kappa shape index (κ3) is 4.69. The van der Waals surface area contributed by atoms with E-state index in [9.17, 15) is 4.79 Å². The summed E-state index contributed by atoms with van der Waals surface area (Å²) in [6, 6.07) is 17.0. The number of amides is 1. The summed E-state index contributed by atoms with van der Waals surface area (Å²) >= 11 is 6.01. The molecule has 2 aromatic carbocycles. The predicted octanol–water partition coefficient (Wildman–Crippen LogP) is 3.78. The molecule has 2 N–H and O–H groups in total. The van der Waals surface area contributed by atoms with E-state index < -0.39 is 0 Å². The number of benzene rings is 2. The van der Waals surface area contributed by atoms with Crippen molar-refractivity contribution in [3.63, 3.8) is 0 Å². The van der Waals surface area contributed by atoms with E-state index in [1.165, 1.54) is 0 Å². The Kier molecular flexibility index (Phi) is 6.09. The number of carbonyl (C=O) groups excluding carboxylic acids is 1. The Labute approximate surface area is 201 Å². The smallest absolute Gasteiger partial charge is 0.410 e. The van der Waals surface area contributed by atoms with Crippen LogP contribution in [-0.4, -0.2) is 57.1 Å². The van der Waals surface area contributed by atoms with Gasteiger partial charge in [0.2, 0.25) is 5.95 Å². The Morgan fingerprint density at radius 1 is 0.971 bits per heavy atom. The van der Waals surface area contributed by atoms with Crippen LogP contribution in [0, 0.1) is 0 Å². The zero-order chi connectivity index (χ0) is 23.5. The third-order valence-corrected chi connectivity index (χ3v) is 5.84. The van der Waals surface area contributed by atoms with E-state index in [1.807, 2.05) is 47.4 Å². The van der Waals surface area contributed by atoms with E-state index in [0.29, 0.717) is 53.9 Å². The highest BCUT2D eigenvalue weighted by molar-refractivity contribution is 6.30. The molecule has 5 rings (SSSR count). The molecule has 0 atom stereocenters. The number of aromatic nitrogens is 4. The molecule has 0 bridgehead atoms. The Balaban J connectivity index is 1.32. The topological polar surface area (TPSA) is 110 Å². The lowest BCUT2D eigenvalue weighted by atomic mass is 10.1. The second kappa shape index (κ2) is 9.48. The van der Waals surface area contributed by atoms with Gasteiger partial charge < -0.3 is 20.3 Å². The van der Waals surface area contributed by atoms with E-state index in [0.717, 1.165) is 11.1 Å². The van der Waals surface area contributed by atoms with Crippen LogP contribution < -0.4 is 10.6 Å². The first-order chi connectivity index (χ1) is 16.6. The van der Waals surface area contributed by atoms with Gasteiger partial charge in [-0.25, -0.2) is 14.8 Å². The molecule has 0 spiro atoms. The van der Waals surface area contributed by atoms with Gasteiger partial charge in [0.1, 0.15) is 6.61 Å². The van der Waals surface area contributed by atoms with Crippen molar-refractivity contribution >= 4 is 40.6 Å². The van der Waals surface area contributed by atoms with Crippen LogP contribution in [0.2, 0.25) is 5.02 Å². The molecule has 0 aliphatic carbocycles. The number of nitrogens with two attached hydrogens (primary N) is 1. The van der Waals surface area contributed by atoms with Crippen molar-refractivity contribution in [1.29, 1.82) is 0 Å². The SMILES string of the molecule is Nc1nc(N2CCN(C(=O)OCc3ccccc3)CC2)c2nc(-c3ccc(Cl)cc3)cnc2n1. The largest absolute Gasteiger partial charge is 0.445 e. The lowest BCUT2D eigenvalue weighted by molar-refractivity contribution is 0.0941. The van der Waals surface area contributed by atoms with Crippen molar-refractivity contribution in [3.05, 3.63) is 71.4 Å². The molecule has 0 radical (unpaired) electrons. The van der Waals surface area contributed by atoms with Gasteiger partial charge in [-0.05, 0) is 17.7 Å². The summed E-state index contributed by atoms with van der Waals surface area (Å²) in [6.45, 7) is 2.33. The molecule has 2 aromatic heterocycles. The van der Waals surface area contributed by atoms with Crippen molar-refractivity contribution in [3.8, 4) is 11.3 Å². The molecule has 9 nitrogen and oxygen atoms in total. The molecule has 1 saturated heterocycles. The maximum Gasteiger partial charge on any atom is 0.410 e. The number of nitrogens with zero attached hydrogens (tertiary/aromatic N) is 6. The molecule has 1 aliphatic heterocycles. The predicted molar refractivity (Wildman–Crippen MR) is 130 cm³/mol. The number of anilines is 2. The Bertz CT molecular complexity index is 1310. The molecule has 1 amide bonds. The zero-order valence-electron chi connectivity index (χ0n) is 18.3. The Morgan fingerprint density at radius 3 is 2.44 bits per heavy atom. The second-order valence-electron chi connectivity index (χ2n) is 7.85. The number of halogens is 1. The molecule has 3 heterocycles. The van der Waals surface area contributed by atoms with Crippen molar-refractivity contribution < 1.29 is 9.53 Å². The number of carbonyl (C=O) groups is 1. The Hall–Kier alpha value is -3.98. The van der Waals surface area contributed by atoms with Crippen LogP contribution in [-0.2, 0) is 11.3 Å². The number of hydrogen-bond acceptors (Lipinski definition) is 8. The summed E-state index contributed by atoms with van der Waals surface area (Å²) in [5.74, 6) is 0.726. The summed E-state index contributed by atoms with van der Waals surface area (Å²) < 4.78 is 5.46. The second-order valence-corrected chi connectivity index (χ2v) is 8.29. The highest BCUT2D eigenvalue weighted by atomic mass is 35.5. The summed E-state index contributed by atoms with van der Waals surface area (Å²) in [7, 11) is 0. The van der Waals surface area contributed by atoms with Crippen LogP contribution in [0.3, 0.4) is 0 Å². The van der Waals surface area contributed by atoms with E-state index >= 15 is 0 Å². The van der Waals surface area contributed by atoms with Gasteiger partial charge in [-0.2, -0.15) is 9.97 Å². The summed E-state index contributed by atoms with van der Waals surface area (Å²) in [6.07, 6.45) is 1.32. The van der Waals surface area contributed by atoms with Crippen molar-refractivity contribution in [2.75, 3.05) is 36.8 Å². The van der Waals surface area contributed by atoms with E-state index in [-0.39, 0.29) is 18.6 Å². The average Bonchev–Trinajstić information content (AvgIpc) is 2.88. The van der Waals surface area contributed by atoms with Gasteiger partial charge in [0.15, 0.2) is 17.0 Å². The lowest BCUT2D eigenvalue weighted by Gasteiger charge is -2.34. The maximum absolute atomic E-state index is 12.5. The first-order valence-electron chi connectivity index (χ1n) is 10.8. The highest BCUT2D eigenvalue weighted by Crippen LogP contribution is 2.27. The quantitative estimate of drug-likeness (QED) is 0.474. The summed E-state index contributed by atoms with van der Waals surface area (Å²) in [5, 5.41) is 0.648. The van der Waals surface area contributed by atoms with Gasteiger partial charge in [0.25, 0.3) is 0 Å². The van der Waals surface area contributed by atoms with Gasteiger partial charge in [-0.15, -0.1) is 0 Å². The lowest BCUT2D eigenvalue weighted by Crippen LogP contribution is -2.49. The van der Waals surface area contributed by atoms with E-state index in [1.54, 1.807) is 23.2 Å². The molecule has 172 valence electrons. The number of piperazine rings is 1. The standard InChI is InChI=1S/C24H22ClN7O2/c25-18-8-6-17(7-9-18)19-14-27-21-20(28-19)22(30-23(26)29-21)31-10-12-32(13-11-31)24(33)34-15-16-4-2-1-3-5-16/h1-9,14H,10-13,15H2,(H2,26,27,29,30). The number of ether oxygens (including phenoxy) is 1. The van der Waals surface area contributed by atoms with Gasteiger partial charge in [-0.1, -0.05) is 54.1 Å². The minimum Gasteiger partial charge on any atom is -0.445 e. The molecule has 1 aliphatic rings. The molecule has 4 aromatic rings. The van der Waals surface area contributed by atoms with E-state index in [4.69, 9.17) is 27.1 Å². The Morgan fingerprint density at radius 2 is 1.71 bits per heavy atom. The fourth-order valence-electron chi connectivity index (χ4n) is 3.80. The number of hydrogen-bond donors (Lipinski definition) is 1. The zero-order valence-corrected chi connectivity index (χ0v) is 19.0. The summed E-state index contributed by atoms with van der Waals surface area (Å²) in [5.41, 5.74) is 9.45. The van der Waals surface area contributed by atoms with Crippen LogP contribution in [0.4, 0.5) is 16.6 Å². The van der Waals surface area contributed by atoms with Gasteiger partial charge in [0.05, 0.1) is 11.9 Å². The molecule has 0 unspecified atom stereocenters. The van der Waals surface area contributed by atoms with Gasteiger partial charge in [-0.3, -0.25) is 0 Å². The fourth-order valence-corrected chi connectivity index (χ4v) is 3.93. The van der Waals surface area contributed by atoms with Crippen molar-refractivity contribution in [1.82, 2.24) is 24.8 Å². The van der Waals surface area contributed by atoms with Crippen LogP contribution in [0.15, 0.2) is 60.8 Å². The number of fused-ring (bicyclic) bond motifs is 1. The van der Waals surface area contributed by atoms with Crippen LogP contribution in [0.1, 0.15) is 5.56 Å². The van der Waals surface area contributed by atoms with Crippen LogP contribution >= 0.6 is 11.6 Å². The monoisotopic (exact) mass is 475 g/mol. The van der Waals surface area contributed by atoms with Gasteiger partial charge in [0, 0.05) is 36.8 Å². The number of nitrogen functional groups attached to an aromatic ring is 1. The first-order valence-corrected chi connectivity index (χ1v) is 11.2. The number of rotatable bonds is 4. The first kappa shape index (κ1) is 21.8. The average molecular weight is 476 g/mol. The van der Waals surface area contributed by atoms with Crippen molar-refractivity contribution in [2.24, 2.45) is 0 Å². The molecule has 1 fully saturated rings.